The molecule has 3 unspecified atom stereocenters. The van der Waals surface area contributed by atoms with Gasteiger partial charge in [-0.3, -0.25) is 0 Å². The zero-order valence-electron chi connectivity index (χ0n) is 12.0. The zero-order chi connectivity index (χ0) is 13.5. The van der Waals surface area contributed by atoms with E-state index in [0.717, 1.165) is 12.3 Å². The Morgan fingerprint density at radius 1 is 1.06 bits per heavy atom. The third-order valence-corrected chi connectivity index (χ3v) is 3.62. The molecule has 0 aromatic heterocycles. The Balaban J connectivity index is 2.58. The fraction of sp³-hybridized carbons (Fsp3) is 0.625. The lowest BCUT2D eigenvalue weighted by Crippen LogP contribution is -2.31. The van der Waals surface area contributed by atoms with Gasteiger partial charge in [-0.1, -0.05) is 39.3 Å². The molecule has 0 amide bonds. The van der Waals surface area contributed by atoms with Crippen LogP contribution in [0.3, 0.4) is 0 Å². The van der Waals surface area contributed by atoms with Crippen molar-refractivity contribution in [3.63, 3.8) is 0 Å². The SMILES string of the molecule is CCC(C)CC(C)NC(CC)c1ccc(F)cc1. The molecule has 0 fully saturated rings. The Labute approximate surface area is 111 Å². The summed E-state index contributed by atoms with van der Waals surface area (Å²) in [6.45, 7) is 8.92. The first-order valence-corrected chi connectivity index (χ1v) is 7.08. The van der Waals surface area contributed by atoms with Crippen LogP contribution in [0.4, 0.5) is 4.39 Å². The molecule has 1 nitrogen and oxygen atoms in total. The molecule has 0 saturated carbocycles. The average molecular weight is 251 g/mol. The second-order valence-corrected chi connectivity index (χ2v) is 5.33. The molecule has 102 valence electrons. The van der Waals surface area contributed by atoms with Crippen LogP contribution < -0.4 is 5.32 Å². The second kappa shape index (κ2) is 7.52. The average Bonchev–Trinajstić information content (AvgIpc) is 2.37. The minimum Gasteiger partial charge on any atom is -0.307 e. The topological polar surface area (TPSA) is 12.0 Å². The molecular formula is C16H26FN. The maximum Gasteiger partial charge on any atom is 0.123 e. The van der Waals surface area contributed by atoms with Crippen LogP contribution in [0.15, 0.2) is 24.3 Å². The fourth-order valence-electron chi connectivity index (χ4n) is 2.33. The van der Waals surface area contributed by atoms with E-state index in [9.17, 15) is 4.39 Å². The summed E-state index contributed by atoms with van der Waals surface area (Å²) < 4.78 is 12.9. The fourth-order valence-corrected chi connectivity index (χ4v) is 2.33. The Morgan fingerprint density at radius 2 is 1.67 bits per heavy atom. The lowest BCUT2D eigenvalue weighted by Gasteiger charge is -2.24. The van der Waals surface area contributed by atoms with Gasteiger partial charge in [0, 0.05) is 12.1 Å². The molecule has 1 aromatic rings. The predicted molar refractivity (Wildman–Crippen MR) is 76.1 cm³/mol. The van der Waals surface area contributed by atoms with Crippen LogP contribution in [0.5, 0.6) is 0 Å². The molecule has 0 aliphatic carbocycles. The summed E-state index contributed by atoms with van der Waals surface area (Å²) in [5, 5.41) is 3.65. The number of halogens is 1. The molecule has 0 bridgehead atoms. The monoisotopic (exact) mass is 251 g/mol. The van der Waals surface area contributed by atoms with Gasteiger partial charge >= 0.3 is 0 Å². The Hall–Kier alpha value is -0.890. The van der Waals surface area contributed by atoms with E-state index >= 15 is 0 Å². The maximum absolute atomic E-state index is 12.9. The standard InChI is InChI=1S/C16H26FN/c1-5-12(3)11-13(4)18-16(6-2)14-7-9-15(17)10-8-14/h7-10,12-13,16,18H,5-6,11H2,1-4H3. The number of benzene rings is 1. The molecular weight excluding hydrogens is 225 g/mol. The molecule has 2 heteroatoms. The van der Waals surface area contributed by atoms with E-state index in [1.807, 2.05) is 12.1 Å². The molecule has 3 atom stereocenters. The number of hydrogen-bond donors (Lipinski definition) is 1. The van der Waals surface area contributed by atoms with Gasteiger partial charge in [0.2, 0.25) is 0 Å². The number of nitrogens with one attached hydrogen (secondary N) is 1. The van der Waals surface area contributed by atoms with Crippen molar-refractivity contribution in [3.8, 4) is 0 Å². The van der Waals surface area contributed by atoms with Crippen molar-refractivity contribution >= 4 is 0 Å². The van der Waals surface area contributed by atoms with E-state index in [1.165, 1.54) is 18.4 Å². The van der Waals surface area contributed by atoms with Gasteiger partial charge in [-0.25, -0.2) is 4.39 Å². The quantitative estimate of drug-likeness (QED) is 0.741. The lowest BCUT2D eigenvalue weighted by molar-refractivity contribution is 0.370. The van der Waals surface area contributed by atoms with Crippen molar-refractivity contribution in [3.05, 3.63) is 35.6 Å². The lowest BCUT2D eigenvalue weighted by atomic mass is 9.98. The van der Waals surface area contributed by atoms with E-state index in [2.05, 4.69) is 33.0 Å². The van der Waals surface area contributed by atoms with Gasteiger partial charge in [-0.15, -0.1) is 0 Å². The molecule has 0 aliphatic heterocycles. The predicted octanol–water partition coefficient (Wildman–Crippen LogP) is 4.69. The van der Waals surface area contributed by atoms with Gasteiger partial charge in [0.15, 0.2) is 0 Å². The van der Waals surface area contributed by atoms with Gasteiger partial charge in [-0.05, 0) is 43.4 Å². The van der Waals surface area contributed by atoms with Crippen LogP contribution >= 0.6 is 0 Å². The molecule has 0 heterocycles. The van der Waals surface area contributed by atoms with Gasteiger partial charge < -0.3 is 5.32 Å². The third kappa shape index (κ3) is 4.77. The first kappa shape index (κ1) is 15.2. The highest BCUT2D eigenvalue weighted by Crippen LogP contribution is 2.19. The Bertz CT molecular complexity index is 333. The zero-order valence-corrected chi connectivity index (χ0v) is 12.0. The van der Waals surface area contributed by atoms with Gasteiger partial charge in [0.25, 0.3) is 0 Å². The molecule has 18 heavy (non-hydrogen) atoms. The summed E-state index contributed by atoms with van der Waals surface area (Å²) in [6, 6.07) is 7.66. The van der Waals surface area contributed by atoms with Crippen LogP contribution in [-0.4, -0.2) is 6.04 Å². The summed E-state index contributed by atoms with van der Waals surface area (Å²) in [5.41, 5.74) is 1.18. The van der Waals surface area contributed by atoms with E-state index in [1.54, 1.807) is 12.1 Å². The van der Waals surface area contributed by atoms with Crippen molar-refractivity contribution in [1.29, 1.82) is 0 Å². The highest BCUT2D eigenvalue weighted by atomic mass is 19.1. The van der Waals surface area contributed by atoms with Crippen LogP contribution in [-0.2, 0) is 0 Å². The highest BCUT2D eigenvalue weighted by Gasteiger charge is 2.14. The second-order valence-electron chi connectivity index (χ2n) is 5.33. The molecule has 1 N–H and O–H groups in total. The van der Waals surface area contributed by atoms with E-state index in [4.69, 9.17) is 0 Å². The van der Waals surface area contributed by atoms with Crippen LogP contribution in [0.1, 0.15) is 58.6 Å². The smallest absolute Gasteiger partial charge is 0.123 e. The van der Waals surface area contributed by atoms with Crippen molar-refractivity contribution in [2.45, 2.75) is 59.0 Å². The first-order valence-electron chi connectivity index (χ1n) is 7.08. The summed E-state index contributed by atoms with van der Waals surface area (Å²) in [6.07, 6.45) is 3.43. The molecule has 0 aliphatic rings. The van der Waals surface area contributed by atoms with Crippen molar-refractivity contribution in [2.24, 2.45) is 5.92 Å². The highest BCUT2D eigenvalue weighted by molar-refractivity contribution is 5.19. The third-order valence-electron chi connectivity index (χ3n) is 3.62. The summed E-state index contributed by atoms with van der Waals surface area (Å²) in [7, 11) is 0. The minimum atomic E-state index is -0.166. The molecule has 0 saturated heterocycles. The van der Waals surface area contributed by atoms with Crippen molar-refractivity contribution in [2.75, 3.05) is 0 Å². The molecule has 1 rings (SSSR count). The van der Waals surface area contributed by atoms with Crippen molar-refractivity contribution in [1.82, 2.24) is 5.32 Å². The summed E-state index contributed by atoms with van der Waals surface area (Å²) in [5.74, 6) is 0.583. The Morgan fingerprint density at radius 3 is 2.17 bits per heavy atom. The normalized spacial score (nSPS) is 16.3. The van der Waals surface area contributed by atoms with Gasteiger partial charge in [0.05, 0.1) is 0 Å². The summed E-state index contributed by atoms with van der Waals surface area (Å²) >= 11 is 0. The Kier molecular flexibility index (Phi) is 6.34. The molecule has 0 radical (unpaired) electrons. The van der Waals surface area contributed by atoms with Gasteiger partial charge in [-0.2, -0.15) is 0 Å². The van der Waals surface area contributed by atoms with Crippen molar-refractivity contribution < 1.29 is 4.39 Å². The largest absolute Gasteiger partial charge is 0.307 e. The van der Waals surface area contributed by atoms with E-state index in [0.29, 0.717) is 12.1 Å². The molecule has 0 spiro atoms. The van der Waals surface area contributed by atoms with E-state index < -0.39 is 0 Å². The molecule has 1 aromatic carbocycles. The number of rotatable bonds is 7. The van der Waals surface area contributed by atoms with Crippen LogP contribution in [0.2, 0.25) is 0 Å². The van der Waals surface area contributed by atoms with Crippen LogP contribution in [0.25, 0.3) is 0 Å². The summed E-state index contributed by atoms with van der Waals surface area (Å²) in [4.78, 5) is 0. The minimum absolute atomic E-state index is 0.166. The first-order chi connectivity index (χ1) is 8.56. The van der Waals surface area contributed by atoms with Gasteiger partial charge in [0.1, 0.15) is 5.82 Å². The van der Waals surface area contributed by atoms with Crippen LogP contribution in [0, 0.1) is 11.7 Å². The number of hydrogen-bond acceptors (Lipinski definition) is 1. The van der Waals surface area contributed by atoms with E-state index in [-0.39, 0.29) is 5.82 Å². The maximum atomic E-state index is 12.9.